The fourth-order valence-corrected chi connectivity index (χ4v) is 4.59. The molecule has 2 aromatic rings. The Hall–Kier alpha value is -1.83. The van der Waals surface area contributed by atoms with Crippen molar-refractivity contribution in [1.82, 2.24) is 14.7 Å². The number of rotatable bonds is 4. The number of nitrogens with zero attached hydrogens (tertiary/aromatic N) is 3. The highest BCUT2D eigenvalue weighted by Gasteiger charge is 2.39. The molecule has 1 atom stereocenters. The van der Waals surface area contributed by atoms with Crippen LogP contribution in [0.1, 0.15) is 53.3 Å². The van der Waals surface area contributed by atoms with E-state index in [0.29, 0.717) is 24.7 Å². The Bertz CT molecular complexity index is 976. The standard InChI is InChI=1S/C24H36ClN3O3Si/c1-23(2,3)31-22(29)27-14-19-13-21(17-10-9-11-18(25)12-17)26-28(19)20(15-27)16-30-32(7,8)24(4,5)6/h9-13,20H,14-16H2,1-8H3. The third kappa shape index (κ3) is 5.74. The Labute approximate surface area is 198 Å². The van der Waals surface area contributed by atoms with Crippen LogP contribution in [0, 0.1) is 0 Å². The summed E-state index contributed by atoms with van der Waals surface area (Å²) < 4.78 is 14.2. The number of carbonyl (C=O) groups is 1. The molecule has 0 saturated heterocycles. The third-order valence-corrected chi connectivity index (χ3v) is 10.9. The normalized spacial score (nSPS) is 17.3. The van der Waals surface area contributed by atoms with Crippen molar-refractivity contribution in [2.75, 3.05) is 13.2 Å². The van der Waals surface area contributed by atoms with Gasteiger partial charge in [0.15, 0.2) is 8.32 Å². The first-order valence-electron chi connectivity index (χ1n) is 11.1. The van der Waals surface area contributed by atoms with Crippen LogP contribution in [0.3, 0.4) is 0 Å². The van der Waals surface area contributed by atoms with Crippen molar-refractivity contribution < 1.29 is 14.0 Å². The summed E-state index contributed by atoms with van der Waals surface area (Å²) in [4.78, 5) is 14.6. The first-order chi connectivity index (χ1) is 14.7. The quantitative estimate of drug-likeness (QED) is 0.470. The minimum Gasteiger partial charge on any atom is -0.444 e. The molecular weight excluding hydrogens is 442 g/mol. The van der Waals surface area contributed by atoms with Crippen LogP contribution in [0.4, 0.5) is 4.79 Å². The molecule has 0 N–H and O–H groups in total. The van der Waals surface area contributed by atoms with E-state index in [1.807, 2.05) is 55.8 Å². The number of fused-ring (bicyclic) bond motifs is 1. The van der Waals surface area contributed by atoms with Crippen LogP contribution < -0.4 is 0 Å². The van der Waals surface area contributed by atoms with Gasteiger partial charge in [0.2, 0.25) is 0 Å². The predicted octanol–water partition coefficient (Wildman–Crippen LogP) is 6.52. The Kier molecular flexibility index (Phi) is 6.85. The van der Waals surface area contributed by atoms with Gasteiger partial charge in [-0.25, -0.2) is 4.79 Å². The molecule has 1 unspecified atom stereocenters. The van der Waals surface area contributed by atoms with Gasteiger partial charge >= 0.3 is 6.09 Å². The Morgan fingerprint density at radius 3 is 2.47 bits per heavy atom. The van der Waals surface area contributed by atoms with E-state index in [4.69, 9.17) is 25.9 Å². The summed E-state index contributed by atoms with van der Waals surface area (Å²) in [7, 11) is -1.96. The van der Waals surface area contributed by atoms with Crippen LogP contribution in [0.15, 0.2) is 30.3 Å². The molecule has 6 nitrogen and oxygen atoms in total. The second kappa shape index (κ2) is 8.84. The number of halogens is 1. The molecule has 0 aliphatic carbocycles. The van der Waals surface area contributed by atoms with Gasteiger partial charge in [-0.1, -0.05) is 44.5 Å². The minimum absolute atomic E-state index is 0.0895. The van der Waals surface area contributed by atoms with Crippen LogP contribution >= 0.6 is 11.6 Å². The van der Waals surface area contributed by atoms with Gasteiger partial charge in [0.25, 0.3) is 0 Å². The van der Waals surface area contributed by atoms with Crippen LogP contribution in [0.5, 0.6) is 0 Å². The average Bonchev–Trinajstić information content (AvgIpc) is 3.08. The molecule has 1 aromatic heterocycles. The van der Waals surface area contributed by atoms with Gasteiger partial charge in [-0.3, -0.25) is 4.68 Å². The van der Waals surface area contributed by atoms with Gasteiger partial charge in [-0.15, -0.1) is 0 Å². The molecule has 0 spiro atoms. The molecule has 1 aliphatic rings. The molecular formula is C24H36ClN3O3Si. The van der Waals surface area contributed by atoms with E-state index >= 15 is 0 Å². The van der Waals surface area contributed by atoms with Crippen molar-refractivity contribution in [2.24, 2.45) is 0 Å². The van der Waals surface area contributed by atoms with E-state index in [2.05, 4.69) is 33.9 Å². The van der Waals surface area contributed by atoms with E-state index < -0.39 is 13.9 Å². The third-order valence-electron chi connectivity index (χ3n) is 6.16. The number of ether oxygens (including phenoxy) is 1. The average molecular weight is 478 g/mol. The maximum Gasteiger partial charge on any atom is 0.410 e. The molecule has 1 amide bonds. The lowest BCUT2D eigenvalue weighted by atomic mass is 10.1. The van der Waals surface area contributed by atoms with E-state index in [0.717, 1.165) is 17.0 Å². The lowest BCUT2D eigenvalue weighted by Gasteiger charge is -2.39. The maximum atomic E-state index is 12.9. The summed E-state index contributed by atoms with van der Waals surface area (Å²) in [5.74, 6) is 0. The minimum atomic E-state index is -1.96. The number of benzene rings is 1. The predicted molar refractivity (Wildman–Crippen MR) is 132 cm³/mol. The van der Waals surface area contributed by atoms with Crippen LogP contribution in [0.2, 0.25) is 23.2 Å². The highest BCUT2D eigenvalue weighted by Crippen LogP contribution is 2.37. The maximum absolute atomic E-state index is 12.9. The number of carbonyl (C=O) groups excluding carboxylic acids is 1. The fourth-order valence-electron chi connectivity index (χ4n) is 3.36. The summed E-state index contributed by atoms with van der Waals surface area (Å²) in [5.41, 5.74) is 2.20. The summed E-state index contributed by atoms with van der Waals surface area (Å²) >= 11 is 6.20. The van der Waals surface area contributed by atoms with E-state index in [9.17, 15) is 4.79 Å². The number of aromatic nitrogens is 2. The van der Waals surface area contributed by atoms with E-state index in [1.54, 1.807) is 4.90 Å². The summed E-state index contributed by atoms with van der Waals surface area (Å²) in [5, 5.41) is 5.66. The lowest BCUT2D eigenvalue weighted by molar-refractivity contribution is 0.0132. The first kappa shape index (κ1) is 24.8. The largest absolute Gasteiger partial charge is 0.444 e. The van der Waals surface area contributed by atoms with Gasteiger partial charge in [0.1, 0.15) is 5.60 Å². The molecule has 176 valence electrons. The number of hydrogen-bond acceptors (Lipinski definition) is 4. The Morgan fingerprint density at radius 2 is 1.88 bits per heavy atom. The topological polar surface area (TPSA) is 56.6 Å². The van der Waals surface area contributed by atoms with Crippen molar-refractivity contribution in [2.45, 2.75) is 77.9 Å². The second-order valence-electron chi connectivity index (χ2n) is 11.1. The fraction of sp³-hybridized carbons (Fsp3) is 0.583. The molecule has 0 bridgehead atoms. The summed E-state index contributed by atoms with van der Waals surface area (Å²) in [6.07, 6.45) is -0.313. The smallest absolute Gasteiger partial charge is 0.410 e. The molecule has 0 fully saturated rings. The molecule has 8 heteroatoms. The number of hydrogen-bond donors (Lipinski definition) is 0. The SMILES string of the molecule is CC(C)(C)OC(=O)N1Cc2cc(-c3cccc(Cl)c3)nn2C(CO[Si](C)(C)C(C)(C)C)C1. The summed E-state index contributed by atoms with van der Waals surface area (Å²) in [6.45, 7) is 18.2. The zero-order chi connectivity index (χ0) is 23.9. The molecule has 0 saturated carbocycles. The zero-order valence-corrected chi connectivity index (χ0v) is 22.3. The van der Waals surface area contributed by atoms with Gasteiger partial charge < -0.3 is 14.1 Å². The molecule has 0 radical (unpaired) electrons. The highest BCUT2D eigenvalue weighted by molar-refractivity contribution is 6.74. The van der Waals surface area contributed by atoms with Crippen LogP contribution in [0.25, 0.3) is 11.3 Å². The van der Waals surface area contributed by atoms with E-state index in [-0.39, 0.29) is 17.2 Å². The zero-order valence-electron chi connectivity index (χ0n) is 20.5. The van der Waals surface area contributed by atoms with Crippen LogP contribution in [-0.4, -0.2) is 47.8 Å². The number of amides is 1. The highest BCUT2D eigenvalue weighted by atomic mass is 35.5. The summed E-state index contributed by atoms with van der Waals surface area (Å²) in [6, 6.07) is 9.60. The molecule has 3 rings (SSSR count). The Balaban J connectivity index is 1.91. The van der Waals surface area contributed by atoms with Crippen molar-refractivity contribution in [3.8, 4) is 11.3 Å². The van der Waals surface area contributed by atoms with Gasteiger partial charge in [-0.05, 0) is 57.1 Å². The van der Waals surface area contributed by atoms with Crippen molar-refractivity contribution in [3.05, 3.63) is 41.0 Å². The van der Waals surface area contributed by atoms with Crippen molar-refractivity contribution in [3.63, 3.8) is 0 Å². The molecule has 32 heavy (non-hydrogen) atoms. The van der Waals surface area contributed by atoms with Gasteiger partial charge in [0.05, 0.1) is 30.6 Å². The monoisotopic (exact) mass is 477 g/mol. The molecule has 1 aromatic carbocycles. The Morgan fingerprint density at radius 1 is 1.19 bits per heavy atom. The van der Waals surface area contributed by atoms with Crippen molar-refractivity contribution in [1.29, 1.82) is 0 Å². The van der Waals surface area contributed by atoms with Crippen LogP contribution in [-0.2, 0) is 15.7 Å². The van der Waals surface area contributed by atoms with Crippen molar-refractivity contribution >= 4 is 26.0 Å². The first-order valence-corrected chi connectivity index (χ1v) is 14.4. The lowest BCUT2D eigenvalue weighted by Crippen LogP contribution is -2.47. The molecule has 1 aliphatic heterocycles. The second-order valence-corrected chi connectivity index (χ2v) is 16.3. The van der Waals surface area contributed by atoms with Gasteiger partial charge in [-0.2, -0.15) is 5.10 Å². The molecule has 2 heterocycles. The van der Waals surface area contributed by atoms with E-state index in [1.165, 1.54) is 0 Å². The van der Waals surface area contributed by atoms with Gasteiger partial charge in [0, 0.05) is 17.1 Å².